The van der Waals surface area contributed by atoms with Crippen LogP contribution in [-0.4, -0.2) is 19.9 Å². The quantitative estimate of drug-likeness (QED) is 0.624. The van der Waals surface area contributed by atoms with Crippen molar-refractivity contribution in [1.29, 1.82) is 0 Å². The Hall–Kier alpha value is -1.06. The maximum Gasteiger partial charge on any atom is 0.333 e. The van der Waals surface area contributed by atoms with Crippen LogP contribution in [0.25, 0.3) is 0 Å². The highest BCUT2D eigenvalue weighted by Crippen LogP contribution is 2.12. The molecule has 0 radical (unpaired) electrons. The highest BCUT2D eigenvalue weighted by atomic mass is 16.3. The molecule has 1 N–H and O–H groups in total. The van der Waals surface area contributed by atoms with Crippen molar-refractivity contribution in [2.45, 2.75) is 19.8 Å². The summed E-state index contributed by atoms with van der Waals surface area (Å²) in [7, 11) is 1.77. The molecule has 0 aromatic carbocycles. The Morgan fingerprint density at radius 1 is 1.50 bits per heavy atom. The highest BCUT2D eigenvalue weighted by Gasteiger charge is 2.08. The second-order valence-corrected chi connectivity index (χ2v) is 2.55. The predicted molar refractivity (Wildman–Crippen MR) is 36.8 cm³/mol. The van der Waals surface area contributed by atoms with Crippen LogP contribution in [0.3, 0.4) is 0 Å². The van der Waals surface area contributed by atoms with E-state index in [4.69, 9.17) is 5.11 Å². The van der Waals surface area contributed by atoms with Crippen LogP contribution in [-0.2, 0) is 7.05 Å². The lowest BCUT2D eigenvalue weighted by atomic mass is 10.2. The van der Waals surface area contributed by atoms with Crippen LogP contribution in [0.1, 0.15) is 25.6 Å². The third-order valence-electron chi connectivity index (χ3n) is 1.30. The predicted octanol–water partition coefficient (Wildman–Crippen LogP) is 0.644. The first-order chi connectivity index (χ1) is 4.61. The zero-order valence-corrected chi connectivity index (χ0v) is 6.37. The van der Waals surface area contributed by atoms with Crippen LogP contribution < -0.4 is 0 Å². The van der Waals surface area contributed by atoms with Crippen molar-refractivity contribution in [2.75, 3.05) is 0 Å². The fourth-order valence-corrected chi connectivity index (χ4v) is 0.885. The van der Waals surface area contributed by atoms with E-state index in [0.717, 1.165) is 5.82 Å². The Morgan fingerprint density at radius 2 is 2.10 bits per heavy atom. The molecule has 0 aliphatic heterocycles. The van der Waals surface area contributed by atoms with E-state index in [9.17, 15) is 0 Å². The number of hydrogen-bond donors (Lipinski definition) is 1. The number of hydrogen-bond acceptors (Lipinski definition) is 3. The van der Waals surface area contributed by atoms with E-state index in [1.54, 1.807) is 11.7 Å². The van der Waals surface area contributed by atoms with E-state index in [0.29, 0.717) is 5.92 Å². The molecule has 0 spiro atoms. The molecule has 0 saturated heterocycles. The second-order valence-electron chi connectivity index (χ2n) is 2.55. The van der Waals surface area contributed by atoms with Gasteiger partial charge in [0.15, 0.2) is 0 Å². The highest BCUT2D eigenvalue weighted by molar-refractivity contribution is 4.98. The van der Waals surface area contributed by atoms with Gasteiger partial charge in [0.25, 0.3) is 0 Å². The summed E-state index contributed by atoms with van der Waals surface area (Å²) in [5, 5.41) is 12.5. The molecule has 1 aromatic rings. The average molecular weight is 141 g/mol. The van der Waals surface area contributed by atoms with Crippen molar-refractivity contribution in [1.82, 2.24) is 14.8 Å². The van der Waals surface area contributed by atoms with Crippen LogP contribution in [0.2, 0.25) is 0 Å². The molecule has 1 aromatic heterocycles. The number of aryl methyl sites for hydroxylation is 1. The van der Waals surface area contributed by atoms with Crippen molar-refractivity contribution in [3.8, 4) is 6.01 Å². The molecule has 56 valence electrons. The maximum absolute atomic E-state index is 8.84. The first-order valence-electron chi connectivity index (χ1n) is 3.21. The lowest BCUT2D eigenvalue weighted by Gasteiger charge is -2.00. The Morgan fingerprint density at radius 3 is 2.30 bits per heavy atom. The Balaban J connectivity index is 3.03. The molecule has 10 heavy (non-hydrogen) atoms. The van der Waals surface area contributed by atoms with Gasteiger partial charge in [-0.25, -0.2) is 4.68 Å². The van der Waals surface area contributed by atoms with Crippen LogP contribution in [0.15, 0.2) is 0 Å². The smallest absolute Gasteiger partial charge is 0.333 e. The average Bonchev–Trinajstić information content (AvgIpc) is 2.10. The molecule has 0 fully saturated rings. The lowest BCUT2D eigenvalue weighted by molar-refractivity contribution is 0.427. The van der Waals surface area contributed by atoms with Crippen LogP contribution in [0, 0.1) is 0 Å². The van der Waals surface area contributed by atoms with E-state index in [2.05, 4.69) is 10.1 Å². The first kappa shape index (κ1) is 7.05. The standard InChI is InChI=1S/C6H11N3O/c1-4(2)5-7-6(10)8-9(5)3/h4H,1-3H3,(H,8,10). The summed E-state index contributed by atoms with van der Waals surface area (Å²) in [5.74, 6) is 1.11. The summed E-state index contributed by atoms with van der Waals surface area (Å²) in [6, 6.07) is -0.147. The van der Waals surface area contributed by atoms with Gasteiger partial charge in [-0.3, -0.25) is 0 Å². The van der Waals surface area contributed by atoms with Crippen LogP contribution >= 0.6 is 0 Å². The largest absolute Gasteiger partial charge is 0.478 e. The monoisotopic (exact) mass is 141 g/mol. The number of aromatic nitrogens is 3. The molecule has 0 saturated carbocycles. The fourth-order valence-electron chi connectivity index (χ4n) is 0.885. The van der Waals surface area contributed by atoms with Gasteiger partial charge in [-0.15, -0.1) is 5.10 Å². The molecular weight excluding hydrogens is 130 g/mol. The van der Waals surface area contributed by atoms with E-state index in [1.165, 1.54) is 0 Å². The summed E-state index contributed by atoms with van der Waals surface area (Å²) >= 11 is 0. The van der Waals surface area contributed by atoms with Crippen LogP contribution in [0.4, 0.5) is 0 Å². The number of rotatable bonds is 1. The molecule has 0 unspecified atom stereocenters. The van der Waals surface area contributed by atoms with Crippen molar-refractivity contribution < 1.29 is 5.11 Å². The summed E-state index contributed by atoms with van der Waals surface area (Å²) in [5.41, 5.74) is 0. The van der Waals surface area contributed by atoms with Gasteiger partial charge >= 0.3 is 6.01 Å². The minimum absolute atomic E-state index is 0.147. The van der Waals surface area contributed by atoms with Crippen molar-refractivity contribution >= 4 is 0 Å². The Bertz CT molecular complexity index is 229. The fraction of sp³-hybridized carbons (Fsp3) is 0.667. The normalized spacial score (nSPS) is 10.8. The third kappa shape index (κ3) is 1.10. The van der Waals surface area contributed by atoms with Crippen LogP contribution in [0.5, 0.6) is 6.01 Å². The van der Waals surface area contributed by atoms with Gasteiger partial charge < -0.3 is 5.11 Å². The molecule has 0 aliphatic rings. The van der Waals surface area contributed by atoms with Gasteiger partial charge in [-0.2, -0.15) is 4.98 Å². The summed E-state index contributed by atoms with van der Waals surface area (Å²) < 4.78 is 1.58. The summed E-state index contributed by atoms with van der Waals surface area (Å²) in [4.78, 5) is 3.82. The Labute approximate surface area is 59.5 Å². The zero-order chi connectivity index (χ0) is 7.72. The zero-order valence-electron chi connectivity index (χ0n) is 6.37. The van der Waals surface area contributed by atoms with Gasteiger partial charge in [0, 0.05) is 13.0 Å². The van der Waals surface area contributed by atoms with E-state index in [-0.39, 0.29) is 6.01 Å². The molecule has 1 heterocycles. The SMILES string of the molecule is CC(C)c1nc(O)nn1C. The molecule has 0 amide bonds. The third-order valence-corrected chi connectivity index (χ3v) is 1.30. The first-order valence-corrected chi connectivity index (χ1v) is 3.21. The van der Waals surface area contributed by atoms with Gasteiger partial charge in [-0.1, -0.05) is 13.8 Å². The lowest BCUT2D eigenvalue weighted by Crippen LogP contribution is -2.00. The molecule has 0 bridgehead atoms. The number of aromatic hydroxyl groups is 1. The van der Waals surface area contributed by atoms with Crippen molar-refractivity contribution in [2.24, 2.45) is 7.05 Å². The van der Waals surface area contributed by atoms with E-state index >= 15 is 0 Å². The van der Waals surface area contributed by atoms with Gasteiger partial charge in [0.2, 0.25) is 0 Å². The molecule has 0 atom stereocenters. The molecule has 1 rings (SSSR count). The molecular formula is C6H11N3O. The summed E-state index contributed by atoms with van der Waals surface area (Å²) in [6.45, 7) is 4.01. The molecule has 0 aliphatic carbocycles. The molecule has 4 nitrogen and oxygen atoms in total. The van der Waals surface area contributed by atoms with Crippen molar-refractivity contribution in [3.05, 3.63) is 5.82 Å². The number of nitrogens with zero attached hydrogens (tertiary/aromatic N) is 3. The topological polar surface area (TPSA) is 50.9 Å². The Kier molecular flexibility index (Phi) is 1.61. The second kappa shape index (κ2) is 2.28. The van der Waals surface area contributed by atoms with Gasteiger partial charge in [-0.05, 0) is 0 Å². The van der Waals surface area contributed by atoms with Gasteiger partial charge in [0.1, 0.15) is 5.82 Å². The minimum atomic E-state index is -0.147. The minimum Gasteiger partial charge on any atom is -0.478 e. The molecule has 4 heteroatoms. The van der Waals surface area contributed by atoms with Crippen molar-refractivity contribution in [3.63, 3.8) is 0 Å². The van der Waals surface area contributed by atoms with E-state index < -0.39 is 0 Å². The summed E-state index contributed by atoms with van der Waals surface area (Å²) in [6.07, 6.45) is 0. The van der Waals surface area contributed by atoms with E-state index in [1.807, 2.05) is 13.8 Å². The van der Waals surface area contributed by atoms with Gasteiger partial charge in [0.05, 0.1) is 0 Å². The maximum atomic E-state index is 8.84.